The second-order valence-corrected chi connectivity index (χ2v) is 3.41. The number of nitrogens with zero attached hydrogens (tertiary/aromatic N) is 3. The van der Waals surface area contributed by atoms with E-state index in [4.69, 9.17) is 11.0 Å². The van der Waals surface area contributed by atoms with E-state index in [1.54, 1.807) is 24.3 Å². The smallest absolute Gasteiger partial charge is 0.253 e. The maximum atomic E-state index is 11.6. The summed E-state index contributed by atoms with van der Waals surface area (Å²) in [6, 6.07) is 8.71. The molecule has 0 atom stereocenters. The number of benzene rings is 1. The Morgan fingerprint density at radius 1 is 1.44 bits per heavy atom. The highest BCUT2D eigenvalue weighted by atomic mass is 16.2. The molecule has 0 radical (unpaired) electrons. The molecule has 5 nitrogen and oxygen atoms in total. The fourth-order valence-electron chi connectivity index (χ4n) is 1.47. The van der Waals surface area contributed by atoms with E-state index in [0.29, 0.717) is 23.5 Å². The molecule has 1 aromatic carbocycles. The van der Waals surface area contributed by atoms with Gasteiger partial charge < -0.3 is 5.73 Å². The van der Waals surface area contributed by atoms with Crippen LogP contribution in [0, 0.1) is 11.3 Å². The molecule has 1 aromatic rings. The van der Waals surface area contributed by atoms with Crippen LogP contribution in [0.15, 0.2) is 29.4 Å². The summed E-state index contributed by atoms with van der Waals surface area (Å²) in [6.07, 6.45) is 0.274. The molecule has 0 saturated carbocycles. The van der Waals surface area contributed by atoms with Gasteiger partial charge in [0.25, 0.3) is 5.91 Å². The summed E-state index contributed by atoms with van der Waals surface area (Å²) >= 11 is 0. The van der Waals surface area contributed by atoms with Gasteiger partial charge in [0.1, 0.15) is 0 Å². The Balaban J connectivity index is 2.28. The van der Waals surface area contributed by atoms with Crippen molar-refractivity contribution in [1.29, 1.82) is 5.26 Å². The first-order chi connectivity index (χ1) is 7.74. The standard InChI is InChI=1S/C11H10N4O/c12-6-8-1-3-10(4-2-8)15-11(16)5-9(7-13)14-15/h1-4H,5,7,13H2. The van der Waals surface area contributed by atoms with Gasteiger partial charge in [-0.1, -0.05) is 0 Å². The molecule has 0 spiro atoms. The van der Waals surface area contributed by atoms with Crippen molar-refractivity contribution in [2.75, 3.05) is 11.6 Å². The van der Waals surface area contributed by atoms with Crippen LogP contribution < -0.4 is 10.7 Å². The lowest BCUT2D eigenvalue weighted by molar-refractivity contribution is -0.116. The number of carbonyl (C=O) groups excluding carboxylic acids is 1. The second kappa shape index (κ2) is 4.13. The van der Waals surface area contributed by atoms with Crippen LogP contribution in [0.1, 0.15) is 12.0 Å². The highest BCUT2D eigenvalue weighted by molar-refractivity contribution is 6.13. The van der Waals surface area contributed by atoms with Gasteiger partial charge in [0.05, 0.1) is 29.5 Å². The van der Waals surface area contributed by atoms with E-state index >= 15 is 0 Å². The molecule has 5 heteroatoms. The van der Waals surface area contributed by atoms with Crippen molar-refractivity contribution >= 4 is 17.3 Å². The zero-order valence-electron chi connectivity index (χ0n) is 8.55. The summed E-state index contributed by atoms with van der Waals surface area (Å²) in [5.41, 5.74) is 7.32. The second-order valence-electron chi connectivity index (χ2n) is 3.41. The highest BCUT2D eigenvalue weighted by Crippen LogP contribution is 2.20. The molecule has 2 N–H and O–H groups in total. The average Bonchev–Trinajstić information content (AvgIpc) is 2.71. The number of hydrogen-bond acceptors (Lipinski definition) is 4. The quantitative estimate of drug-likeness (QED) is 0.782. The van der Waals surface area contributed by atoms with Gasteiger partial charge in [-0.3, -0.25) is 4.79 Å². The van der Waals surface area contributed by atoms with Gasteiger partial charge in [0.2, 0.25) is 0 Å². The molecule has 1 heterocycles. The number of rotatable bonds is 2. The predicted molar refractivity (Wildman–Crippen MR) is 59.7 cm³/mol. The average molecular weight is 214 g/mol. The Bertz CT molecular complexity index is 484. The molecule has 0 aliphatic carbocycles. The molecule has 16 heavy (non-hydrogen) atoms. The van der Waals surface area contributed by atoms with E-state index < -0.39 is 0 Å². The first-order valence-electron chi connectivity index (χ1n) is 4.84. The Morgan fingerprint density at radius 3 is 2.62 bits per heavy atom. The lowest BCUT2D eigenvalue weighted by Crippen LogP contribution is -2.19. The summed E-state index contributed by atoms with van der Waals surface area (Å²) in [6.45, 7) is 0.290. The molecule has 0 saturated heterocycles. The van der Waals surface area contributed by atoms with E-state index in [9.17, 15) is 4.79 Å². The minimum atomic E-state index is -0.0924. The highest BCUT2D eigenvalue weighted by Gasteiger charge is 2.23. The molecule has 1 aliphatic rings. The summed E-state index contributed by atoms with van der Waals surface area (Å²) in [7, 11) is 0. The van der Waals surface area contributed by atoms with E-state index in [2.05, 4.69) is 5.10 Å². The van der Waals surface area contributed by atoms with Crippen molar-refractivity contribution in [2.45, 2.75) is 6.42 Å². The normalized spacial score (nSPS) is 14.9. The van der Waals surface area contributed by atoms with Gasteiger partial charge in [-0.25, -0.2) is 5.01 Å². The van der Waals surface area contributed by atoms with Crippen molar-refractivity contribution in [3.05, 3.63) is 29.8 Å². The van der Waals surface area contributed by atoms with E-state index in [0.717, 1.165) is 0 Å². The fraction of sp³-hybridized carbons (Fsp3) is 0.182. The molecule has 0 bridgehead atoms. The first-order valence-corrected chi connectivity index (χ1v) is 4.84. The maximum absolute atomic E-state index is 11.6. The third-order valence-electron chi connectivity index (χ3n) is 2.31. The van der Waals surface area contributed by atoms with Crippen LogP contribution in [-0.4, -0.2) is 18.2 Å². The van der Waals surface area contributed by atoms with Crippen molar-refractivity contribution in [1.82, 2.24) is 0 Å². The molecule has 0 aromatic heterocycles. The summed E-state index contributed by atoms with van der Waals surface area (Å²) < 4.78 is 0. The fourth-order valence-corrected chi connectivity index (χ4v) is 1.47. The van der Waals surface area contributed by atoms with Gasteiger partial charge in [0, 0.05) is 6.54 Å². The number of hydrogen-bond donors (Lipinski definition) is 1. The van der Waals surface area contributed by atoms with Gasteiger partial charge >= 0.3 is 0 Å². The Kier molecular flexibility index (Phi) is 2.66. The predicted octanol–water partition coefficient (Wildman–Crippen LogP) is 0.610. The number of anilines is 1. The van der Waals surface area contributed by atoms with Gasteiger partial charge in [-0.2, -0.15) is 10.4 Å². The number of amides is 1. The molecule has 1 aliphatic heterocycles. The third kappa shape index (κ3) is 1.78. The number of nitrogens with two attached hydrogens (primary N) is 1. The minimum Gasteiger partial charge on any atom is -0.325 e. The van der Waals surface area contributed by atoms with Crippen LogP contribution in [0.3, 0.4) is 0 Å². The van der Waals surface area contributed by atoms with Crippen molar-refractivity contribution in [3.8, 4) is 6.07 Å². The van der Waals surface area contributed by atoms with E-state index in [-0.39, 0.29) is 12.3 Å². The molecule has 80 valence electrons. The van der Waals surface area contributed by atoms with Crippen LogP contribution in [0.4, 0.5) is 5.69 Å². The lowest BCUT2D eigenvalue weighted by Gasteiger charge is -2.10. The molecular weight excluding hydrogens is 204 g/mol. The Morgan fingerprint density at radius 2 is 2.12 bits per heavy atom. The first kappa shape index (κ1) is 10.3. The maximum Gasteiger partial charge on any atom is 0.253 e. The van der Waals surface area contributed by atoms with Crippen LogP contribution in [0.5, 0.6) is 0 Å². The zero-order valence-corrected chi connectivity index (χ0v) is 8.55. The minimum absolute atomic E-state index is 0.0924. The third-order valence-corrected chi connectivity index (χ3v) is 2.31. The van der Waals surface area contributed by atoms with Crippen LogP contribution in [0.25, 0.3) is 0 Å². The van der Waals surface area contributed by atoms with Gasteiger partial charge in [-0.05, 0) is 24.3 Å². The van der Waals surface area contributed by atoms with Crippen molar-refractivity contribution < 1.29 is 4.79 Å². The molecule has 0 unspecified atom stereocenters. The summed E-state index contributed by atoms with van der Waals surface area (Å²) in [5, 5.41) is 14.1. The monoisotopic (exact) mass is 214 g/mol. The lowest BCUT2D eigenvalue weighted by atomic mass is 10.2. The van der Waals surface area contributed by atoms with Crippen molar-refractivity contribution in [3.63, 3.8) is 0 Å². The SMILES string of the molecule is N#Cc1ccc(N2N=C(CN)CC2=O)cc1. The summed E-state index contributed by atoms with van der Waals surface area (Å²) in [5.74, 6) is -0.0924. The van der Waals surface area contributed by atoms with E-state index in [1.807, 2.05) is 6.07 Å². The number of nitriles is 1. The molecular formula is C11H10N4O. The van der Waals surface area contributed by atoms with Gasteiger partial charge in [0.15, 0.2) is 0 Å². The Labute approximate surface area is 92.8 Å². The molecule has 2 rings (SSSR count). The zero-order chi connectivity index (χ0) is 11.5. The molecule has 0 fully saturated rings. The van der Waals surface area contributed by atoms with Crippen LogP contribution in [-0.2, 0) is 4.79 Å². The molecule has 1 amide bonds. The largest absolute Gasteiger partial charge is 0.325 e. The topological polar surface area (TPSA) is 82.5 Å². The van der Waals surface area contributed by atoms with Crippen LogP contribution >= 0.6 is 0 Å². The van der Waals surface area contributed by atoms with Crippen LogP contribution in [0.2, 0.25) is 0 Å². The number of hydrazone groups is 1. The number of carbonyl (C=O) groups is 1. The van der Waals surface area contributed by atoms with E-state index in [1.165, 1.54) is 5.01 Å². The van der Waals surface area contributed by atoms with Crippen molar-refractivity contribution in [2.24, 2.45) is 10.8 Å². The summed E-state index contributed by atoms with van der Waals surface area (Å²) in [4.78, 5) is 11.6. The Hall–Kier alpha value is -2.19. The van der Waals surface area contributed by atoms with Gasteiger partial charge in [-0.15, -0.1) is 0 Å².